The van der Waals surface area contributed by atoms with Crippen LogP contribution in [0.5, 0.6) is 0 Å². The number of aryl methyl sites for hydroxylation is 1. The maximum absolute atomic E-state index is 11.6. The molecule has 0 bridgehead atoms. The van der Waals surface area contributed by atoms with Crippen LogP contribution < -0.4 is 0 Å². The zero-order chi connectivity index (χ0) is 21.9. The number of thiazole rings is 1. The summed E-state index contributed by atoms with van der Waals surface area (Å²) >= 11 is 1.77. The minimum atomic E-state index is 0.173. The van der Waals surface area contributed by atoms with Crippen molar-refractivity contribution in [2.45, 2.75) is 59.3 Å². The standard InChI is InChI=1S/C23H28N6OS/c1-12(2)18-19(17-10-29-21(24-11-25-29)14(4)13(17)3)26-23-20(18)27-22(31-23)16-6-8-28(9-7-16)15(5)30/h10-12,16,26H,6-9H2,1-5H3. The Morgan fingerprint density at radius 1 is 1.23 bits per heavy atom. The first kappa shape index (κ1) is 20.2. The predicted octanol–water partition coefficient (Wildman–Crippen LogP) is 4.80. The molecular formula is C23H28N6OS. The summed E-state index contributed by atoms with van der Waals surface area (Å²) in [6.07, 6.45) is 5.65. The Morgan fingerprint density at radius 3 is 2.65 bits per heavy atom. The van der Waals surface area contributed by atoms with Gasteiger partial charge in [0.2, 0.25) is 5.91 Å². The van der Waals surface area contributed by atoms with Crippen molar-refractivity contribution in [3.05, 3.63) is 34.2 Å². The monoisotopic (exact) mass is 436 g/mol. The van der Waals surface area contributed by atoms with E-state index in [0.29, 0.717) is 11.8 Å². The Hall–Kier alpha value is -2.74. The third-order valence-electron chi connectivity index (χ3n) is 6.67. The highest BCUT2D eigenvalue weighted by Gasteiger charge is 2.27. The lowest BCUT2D eigenvalue weighted by Gasteiger charge is -2.30. The molecule has 0 radical (unpaired) electrons. The number of rotatable bonds is 3. The highest BCUT2D eigenvalue weighted by molar-refractivity contribution is 7.18. The van der Waals surface area contributed by atoms with Gasteiger partial charge in [0.1, 0.15) is 16.7 Å². The zero-order valence-corrected chi connectivity index (χ0v) is 19.5. The van der Waals surface area contributed by atoms with Crippen LogP contribution in [0.15, 0.2) is 12.5 Å². The van der Waals surface area contributed by atoms with Gasteiger partial charge in [-0.05, 0) is 43.7 Å². The topological polar surface area (TPSA) is 79.2 Å². The minimum Gasteiger partial charge on any atom is -0.345 e. The molecule has 1 fully saturated rings. The average Bonchev–Trinajstić information content (AvgIpc) is 3.44. The highest BCUT2D eigenvalue weighted by atomic mass is 32.1. The van der Waals surface area contributed by atoms with Crippen molar-refractivity contribution >= 4 is 33.2 Å². The molecule has 0 spiro atoms. The number of H-pyrrole nitrogens is 1. The summed E-state index contributed by atoms with van der Waals surface area (Å²) < 4.78 is 1.86. The number of likely N-dealkylation sites (tertiary alicyclic amines) is 1. The van der Waals surface area contributed by atoms with Gasteiger partial charge < -0.3 is 9.88 Å². The van der Waals surface area contributed by atoms with Gasteiger partial charge in [-0.2, -0.15) is 5.10 Å². The Balaban J connectivity index is 1.57. The van der Waals surface area contributed by atoms with Gasteiger partial charge in [0, 0.05) is 43.3 Å². The molecule has 4 aromatic heterocycles. The van der Waals surface area contributed by atoms with Gasteiger partial charge in [-0.25, -0.2) is 14.5 Å². The number of aromatic nitrogens is 5. The van der Waals surface area contributed by atoms with Crippen LogP contribution in [0.2, 0.25) is 0 Å². The number of carbonyl (C=O) groups excluding carboxylic acids is 1. The Labute approximate surface area is 185 Å². The summed E-state index contributed by atoms with van der Waals surface area (Å²) in [7, 11) is 0. The van der Waals surface area contributed by atoms with E-state index in [1.165, 1.54) is 16.1 Å². The van der Waals surface area contributed by atoms with Gasteiger partial charge >= 0.3 is 0 Å². The molecule has 0 unspecified atom stereocenters. The number of hydrogen-bond acceptors (Lipinski definition) is 5. The summed E-state index contributed by atoms with van der Waals surface area (Å²) in [5, 5.41) is 5.56. The number of piperidine rings is 1. The van der Waals surface area contributed by atoms with Crippen LogP contribution in [0, 0.1) is 13.8 Å². The van der Waals surface area contributed by atoms with Gasteiger partial charge in [0.15, 0.2) is 5.65 Å². The van der Waals surface area contributed by atoms with Crippen LogP contribution in [-0.4, -0.2) is 48.5 Å². The molecule has 4 aromatic rings. The van der Waals surface area contributed by atoms with E-state index in [2.05, 4.69) is 49.0 Å². The molecule has 1 aliphatic rings. The smallest absolute Gasteiger partial charge is 0.219 e. The van der Waals surface area contributed by atoms with E-state index in [1.54, 1.807) is 24.6 Å². The lowest BCUT2D eigenvalue weighted by molar-refractivity contribution is -0.129. The van der Waals surface area contributed by atoms with Crippen LogP contribution in [-0.2, 0) is 4.79 Å². The number of carbonyl (C=O) groups is 1. The number of nitrogens with zero attached hydrogens (tertiary/aromatic N) is 5. The van der Waals surface area contributed by atoms with E-state index in [1.807, 2.05) is 9.42 Å². The van der Waals surface area contributed by atoms with E-state index in [4.69, 9.17) is 4.98 Å². The Morgan fingerprint density at radius 2 is 1.97 bits per heavy atom. The third-order valence-corrected chi connectivity index (χ3v) is 7.80. The molecule has 0 aliphatic carbocycles. The second-order valence-corrected chi connectivity index (χ2v) is 9.93. The van der Waals surface area contributed by atoms with E-state index in [9.17, 15) is 4.79 Å². The first-order valence-electron chi connectivity index (χ1n) is 10.9. The quantitative estimate of drug-likeness (QED) is 0.500. The van der Waals surface area contributed by atoms with E-state index < -0.39 is 0 Å². The van der Waals surface area contributed by atoms with Crippen molar-refractivity contribution in [2.24, 2.45) is 0 Å². The molecule has 0 atom stereocenters. The first-order valence-corrected chi connectivity index (χ1v) is 11.7. The van der Waals surface area contributed by atoms with E-state index in [0.717, 1.165) is 58.7 Å². The molecule has 0 saturated carbocycles. The molecular weight excluding hydrogens is 408 g/mol. The molecule has 1 N–H and O–H groups in total. The summed E-state index contributed by atoms with van der Waals surface area (Å²) in [4.78, 5) is 27.9. The number of nitrogens with one attached hydrogen (secondary N) is 1. The first-order chi connectivity index (χ1) is 14.8. The summed E-state index contributed by atoms with van der Waals surface area (Å²) in [6.45, 7) is 12.0. The summed E-state index contributed by atoms with van der Waals surface area (Å²) in [5.74, 6) is 0.941. The molecule has 7 nitrogen and oxygen atoms in total. The fourth-order valence-electron chi connectivity index (χ4n) is 4.75. The maximum atomic E-state index is 11.6. The lowest BCUT2D eigenvalue weighted by atomic mass is 9.95. The number of hydrogen-bond donors (Lipinski definition) is 1. The Bertz CT molecular complexity index is 1290. The fraction of sp³-hybridized carbons (Fsp3) is 0.478. The zero-order valence-electron chi connectivity index (χ0n) is 18.7. The van der Waals surface area contributed by atoms with Gasteiger partial charge in [-0.1, -0.05) is 13.8 Å². The van der Waals surface area contributed by atoms with E-state index in [-0.39, 0.29) is 5.91 Å². The number of fused-ring (bicyclic) bond motifs is 2. The van der Waals surface area contributed by atoms with Gasteiger partial charge in [0.25, 0.3) is 0 Å². The lowest BCUT2D eigenvalue weighted by Crippen LogP contribution is -2.36. The maximum Gasteiger partial charge on any atom is 0.219 e. The van der Waals surface area contributed by atoms with E-state index >= 15 is 0 Å². The van der Waals surface area contributed by atoms with Crippen molar-refractivity contribution in [1.29, 1.82) is 0 Å². The molecule has 0 aromatic carbocycles. The van der Waals surface area contributed by atoms with Gasteiger partial charge in [-0.3, -0.25) is 4.79 Å². The van der Waals surface area contributed by atoms with Crippen molar-refractivity contribution in [3.63, 3.8) is 0 Å². The minimum absolute atomic E-state index is 0.173. The molecule has 1 saturated heterocycles. The fourth-order valence-corrected chi connectivity index (χ4v) is 5.90. The molecule has 31 heavy (non-hydrogen) atoms. The highest BCUT2D eigenvalue weighted by Crippen LogP contribution is 2.41. The van der Waals surface area contributed by atoms with Crippen LogP contribution in [0.25, 0.3) is 27.3 Å². The van der Waals surface area contributed by atoms with Crippen molar-refractivity contribution in [1.82, 2.24) is 29.5 Å². The largest absolute Gasteiger partial charge is 0.345 e. The summed E-state index contributed by atoms with van der Waals surface area (Å²) in [6, 6.07) is 0. The molecule has 1 aliphatic heterocycles. The number of amides is 1. The van der Waals surface area contributed by atoms with Crippen LogP contribution in [0.4, 0.5) is 0 Å². The molecule has 162 valence electrons. The third kappa shape index (κ3) is 3.24. The average molecular weight is 437 g/mol. The molecule has 8 heteroatoms. The van der Waals surface area contributed by atoms with Crippen LogP contribution in [0.3, 0.4) is 0 Å². The van der Waals surface area contributed by atoms with Gasteiger partial charge in [-0.15, -0.1) is 11.3 Å². The van der Waals surface area contributed by atoms with Crippen molar-refractivity contribution < 1.29 is 4.79 Å². The Kier molecular flexibility index (Phi) is 4.84. The molecule has 5 heterocycles. The second kappa shape index (κ2) is 7.44. The molecule has 1 amide bonds. The van der Waals surface area contributed by atoms with Crippen LogP contribution in [0.1, 0.15) is 67.1 Å². The van der Waals surface area contributed by atoms with Crippen LogP contribution >= 0.6 is 11.3 Å². The predicted molar refractivity (Wildman–Crippen MR) is 124 cm³/mol. The van der Waals surface area contributed by atoms with Crippen molar-refractivity contribution in [2.75, 3.05) is 13.1 Å². The number of aromatic amines is 1. The molecule has 5 rings (SSSR count). The van der Waals surface area contributed by atoms with Crippen molar-refractivity contribution in [3.8, 4) is 11.3 Å². The second-order valence-electron chi connectivity index (χ2n) is 8.90. The normalized spacial score (nSPS) is 15.6. The number of pyridine rings is 1. The van der Waals surface area contributed by atoms with Gasteiger partial charge in [0.05, 0.1) is 10.7 Å². The SMILES string of the molecule is CC(=O)N1CCC(c2nc3c(C(C)C)c(-c4cn5ncnc5c(C)c4C)[nH]c3s2)CC1. The summed E-state index contributed by atoms with van der Waals surface area (Å²) in [5.41, 5.74) is 7.91.